The Hall–Kier alpha value is -1.02. The highest BCUT2D eigenvalue weighted by molar-refractivity contribution is 4.97. The third-order valence-corrected chi connectivity index (χ3v) is 2.69. The summed E-state index contributed by atoms with van der Waals surface area (Å²) in [6.45, 7) is 1.96. The lowest BCUT2D eigenvalue weighted by Gasteiger charge is -2.17. The first-order valence-corrected chi connectivity index (χ1v) is 5.33. The van der Waals surface area contributed by atoms with Crippen molar-refractivity contribution in [2.24, 2.45) is 5.92 Å². The van der Waals surface area contributed by atoms with E-state index < -0.39 is 0 Å². The van der Waals surface area contributed by atoms with Crippen LogP contribution in [0.1, 0.15) is 25.0 Å². The van der Waals surface area contributed by atoms with Gasteiger partial charge >= 0.3 is 0 Å². The van der Waals surface area contributed by atoms with E-state index in [2.05, 4.69) is 17.5 Å². The van der Waals surface area contributed by atoms with Gasteiger partial charge in [-0.1, -0.05) is 12.2 Å². The summed E-state index contributed by atoms with van der Waals surface area (Å²) in [4.78, 5) is 0. The number of furan rings is 1. The van der Waals surface area contributed by atoms with E-state index in [-0.39, 0.29) is 0 Å². The smallest absolute Gasteiger partial charge is 0.117 e. The van der Waals surface area contributed by atoms with Crippen molar-refractivity contribution in [2.75, 3.05) is 6.54 Å². The SMILES string of the molecule is C1=CCC(CNCc2ccco2)CC1. The molecule has 0 saturated heterocycles. The molecule has 1 unspecified atom stereocenters. The van der Waals surface area contributed by atoms with Crippen LogP contribution in [0.25, 0.3) is 0 Å². The minimum Gasteiger partial charge on any atom is -0.468 e. The van der Waals surface area contributed by atoms with Crippen LogP contribution in [0.15, 0.2) is 35.0 Å². The first-order valence-electron chi connectivity index (χ1n) is 5.33. The Labute approximate surface area is 85.0 Å². The fourth-order valence-electron chi connectivity index (χ4n) is 1.85. The average Bonchev–Trinajstić information content (AvgIpc) is 2.72. The fraction of sp³-hybridized carbons (Fsp3) is 0.500. The van der Waals surface area contributed by atoms with Crippen LogP contribution in [0.5, 0.6) is 0 Å². The van der Waals surface area contributed by atoms with E-state index in [0.717, 1.165) is 24.8 Å². The normalized spacial score (nSPS) is 21.3. The van der Waals surface area contributed by atoms with Gasteiger partial charge in [-0.25, -0.2) is 0 Å². The van der Waals surface area contributed by atoms with Crippen LogP contribution in [0.2, 0.25) is 0 Å². The standard InChI is InChI=1S/C12H17NO/c1-2-5-11(6-3-1)9-13-10-12-7-4-8-14-12/h1-2,4,7-8,11,13H,3,5-6,9-10H2. The number of hydrogen-bond donors (Lipinski definition) is 1. The van der Waals surface area contributed by atoms with Crippen molar-refractivity contribution in [3.05, 3.63) is 36.3 Å². The quantitative estimate of drug-likeness (QED) is 0.740. The number of nitrogens with one attached hydrogen (secondary N) is 1. The first kappa shape index (κ1) is 9.53. The summed E-state index contributed by atoms with van der Waals surface area (Å²) in [5.41, 5.74) is 0. The van der Waals surface area contributed by atoms with Gasteiger partial charge in [-0.3, -0.25) is 0 Å². The highest BCUT2D eigenvalue weighted by atomic mass is 16.3. The van der Waals surface area contributed by atoms with E-state index in [0.29, 0.717) is 0 Å². The van der Waals surface area contributed by atoms with Gasteiger partial charge in [-0.05, 0) is 43.9 Å². The van der Waals surface area contributed by atoms with Gasteiger partial charge in [0.05, 0.1) is 12.8 Å². The Morgan fingerprint density at radius 2 is 2.43 bits per heavy atom. The summed E-state index contributed by atoms with van der Waals surface area (Å²) in [5, 5.41) is 3.43. The molecule has 1 aliphatic carbocycles. The largest absolute Gasteiger partial charge is 0.468 e. The molecule has 1 aliphatic rings. The van der Waals surface area contributed by atoms with Gasteiger partial charge in [0.25, 0.3) is 0 Å². The first-order chi connectivity index (χ1) is 6.95. The van der Waals surface area contributed by atoms with Crippen molar-refractivity contribution in [3.63, 3.8) is 0 Å². The van der Waals surface area contributed by atoms with Gasteiger partial charge in [0.2, 0.25) is 0 Å². The molecule has 14 heavy (non-hydrogen) atoms. The lowest BCUT2D eigenvalue weighted by Crippen LogP contribution is -2.22. The Balaban J connectivity index is 1.65. The zero-order valence-electron chi connectivity index (χ0n) is 8.41. The molecule has 0 saturated carbocycles. The van der Waals surface area contributed by atoms with E-state index in [9.17, 15) is 0 Å². The van der Waals surface area contributed by atoms with Crippen molar-refractivity contribution in [3.8, 4) is 0 Å². The second-order valence-electron chi connectivity index (χ2n) is 3.86. The molecule has 1 N–H and O–H groups in total. The van der Waals surface area contributed by atoms with Crippen LogP contribution >= 0.6 is 0 Å². The lowest BCUT2D eigenvalue weighted by atomic mass is 9.94. The van der Waals surface area contributed by atoms with E-state index in [1.807, 2.05) is 12.1 Å². The van der Waals surface area contributed by atoms with Crippen LogP contribution in [-0.4, -0.2) is 6.54 Å². The summed E-state index contributed by atoms with van der Waals surface area (Å²) >= 11 is 0. The molecule has 0 aromatic carbocycles. The average molecular weight is 191 g/mol. The second kappa shape index (κ2) is 5.01. The maximum absolute atomic E-state index is 5.25. The Kier molecular flexibility index (Phi) is 3.41. The predicted molar refractivity (Wildman–Crippen MR) is 56.9 cm³/mol. The Bertz CT molecular complexity index is 277. The summed E-state index contributed by atoms with van der Waals surface area (Å²) in [6, 6.07) is 3.94. The van der Waals surface area contributed by atoms with E-state index in [1.165, 1.54) is 19.3 Å². The predicted octanol–water partition coefficient (Wildman–Crippen LogP) is 2.73. The number of allylic oxidation sites excluding steroid dienone is 2. The molecule has 0 spiro atoms. The molecule has 2 rings (SSSR count). The summed E-state index contributed by atoms with van der Waals surface area (Å²) in [7, 11) is 0. The molecule has 0 bridgehead atoms. The van der Waals surface area contributed by atoms with Crippen LogP contribution < -0.4 is 5.32 Å². The van der Waals surface area contributed by atoms with Crippen LogP contribution in [0, 0.1) is 5.92 Å². The molecule has 0 amide bonds. The number of hydrogen-bond acceptors (Lipinski definition) is 2. The second-order valence-corrected chi connectivity index (χ2v) is 3.86. The minimum absolute atomic E-state index is 0.815. The third kappa shape index (κ3) is 2.74. The van der Waals surface area contributed by atoms with Crippen molar-refractivity contribution in [1.82, 2.24) is 5.32 Å². The van der Waals surface area contributed by atoms with Gasteiger partial charge in [0.15, 0.2) is 0 Å². The molecular formula is C12H17NO. The van der Waals surface area contributed by atoms with Crippen LogP contribution in [-0.2, 0) is 6.54 Å². The van der Waals surface area contributed by atoms with Gasteiger partial charge < -0.3 is 9.73 Å². The van der Waals surface area contributed by atoms with Crippen molar-refractivity contribution < 1.29 is 4.42 Å². The van der Waals surface area contributed by atoms with Crippen LogP contribution in [0.4, 0.5) is 0 Å². The molecule has 1 atom stereocenters. The maximum atomic E-state index is 5.25. The number of rotatable bonds is 4. The molecule has 1 aromatic heterocycles. The van der Waals surface area contributed by atoms with Gasteiger partial charge in [-0.2, -0.15) is 0 Å². The molecule has 76 valence electrons. The van der Waals surface area contributed by atoms with Crippen molar-refractivity contribution in [1.29, 1.82) is 0 Å². The van der Waals surface area contributed by atoms with Crippen LogP contribution in [0.3, 0.4) is 0 Å². The summed E-state index contributed by atoms with van der Waals surface area (Å²) < 4.78 is 5.25. The van der Waals surface area contributed by atoms with Crippen molar-refractivity contribution >= 4 is 0 Å². The minimum atomic E-state index is 0.815. The highest BCUT2D eigenvalue weighted by Crippen LogP contribution is 2.16. The molecule has 0 fully saturated rings. The molecule has 1 heterocycles. The highest BCUT2D eigenvalue weighted by Gasteiger charge is 2.08. The fourth-order valence-corrected chi connectivity index (χ4v) is 1.85. The molecule has 0 aliphatic heterocycles. The molecule has 2 nitrogen and oxygen atoms in total. The Morgan fingerprint density at radius 3 is 3.14 bits per heavy atom. The van der Waals surface area contributed by atoms with E-state index in [1.54, 1.807) is 6.26 Å². The van der Waals surface area contributed by atoms with Gasteiger partial charge in [0.1, 0.15) is 5.76 Å². The van der Waals surface area contributed by atoms with Gasteiger partial charge in [-0.15, -0.1) is 0 Å². The molecule has 2 heteroatoms. The van der Waals surface area contributed by atoms with E-state index in [4.69, 9.17) is 4.42 Å². The monoisotopic (exact) mass is 191 g/mol. The zero-order chi connectivity index (χ0) is 9.64. The zero-order valence-corrected chi connectivity index (χ0v) is 8.41. The molecular weight excluding hydrogens is 174 g/mol. The summed E-state index contributed by atoms with van der Waals surface area (Å²) in [5.74, 6) is 1.84. The maximum Gasteiger partial charge on any atom is 0.117 e. The summed E-state index contributed by atoms with van der Waals surface area (Å²) in [6.07, 6.45) is 10.1. The molecule has 1 aromatic rings. The van der Waals surface area contributed by atoms with Gasteiger partial charge in [0, 0.05) is 0 Å². The Morgan fingerprint density at radius 1 is 1.43 bits per heavy atom. The third-order valence-electron chi connectivity index (χ3n) is 2.69. The van der Waals surface area contributed by atoms with E-state index >= 15 is 0 Å². The topological polar surface area (TPSA) is 25.2 Å². The molecule has 0 radical (unpaired) electrons. The lowest BCUT2D eigenvalue weighted by molar-refractivity contribution is 0.417. The van der Waals surface area contributed by atoms with Crippen molar-refractivity contribution in [2.45, 2.75) is 25.8 Å².